The molecule has 32 heavy (non-hydrogen) atoms. The molecule has 2 aliphatic rings. The molecule has 1 aliphatic heterocycles. The summed E-state index contributed by atoms with van der Waals surface area (Å²) in [4.78, 5) is 15.3. The van der Waals surface area contributed by atoms with E-state index in [1.165, 1.54) is 0 Å². The number of benzene rings is 1. The van der Waals surface area contributed by atoms with E-state index in [2.05, 4.69) is 17.1 Å². The van der Waals surface area contributed by atoms with Crippen LogP contribution in [0.15, 0.2) is 18.3 Å². The lowest BCUT2D eigenvalue weighted by Crippen LogP contribution is -2.39. The summed E-state index contributed by atoms with van der Waals surface area (Å²) < 4.78 is 44.5. The van der Waals surface area contributed by atoms with E-state index >= 15 is 0 Å². The molecule has 1 aliphatic carbocycles. The Morgan fingerprint density at radius 1 is 1.09 bits per heavy atom. The van der Waals surface area contributed by atoms with E-state index in [0.29, 0.717) is 41.8 Å². The Morgan fingerprint density at radius 2 is 1.75 bits per heavy atom. The predicted molar refractivity (Wildman–Crippen MR) is 111 cm³/mol. The number of aryl methyl sites for hydroxylation is 2. The van der Waals surface area contributed by atoms with Crippen molar-refractivity contribution in [2.45, 2.75) is 38.6 Å². The van der Waals surface area contributed by atoms with Gasteiger partial charge in [0.05, 0.1) is 34.9 Å². The molecule has 3 aromatic rings. The molecule has 9 heteroatoms. The molecule has 1 amide bonds. The number of aromatic nitrogens is 4. The molecule has 0 saturated heterocycles. The van der Waals surface area contributed by atoms with Crippen molar-refractivity contribution in [2.75, 3.05) is 6.54 Å². The molecule has 1 fully saturated rings. The molecule has 0 unspecified atom stereocenters. The molecule has 0 spiro atoms. The standard InChI is InChI=1S/C23H24F3N5O/c1-11-7-15(11)22-16(10-27-29(22)3)23(32)31-6-5-14-20(12(31)2)28-30(4)21(14)13-8-17(24)19(26)18(25)9-13/h8-12,15H,5-7H2,1-4H3/t11-,12-,15+/m0/s1. The fourth-order valence-electron chi connectivity index (χ4n) is 4.98. The van der Waals surface area contributed by atoms with Crippen LogP contribution in [-0.4, -0.2) is 36.9 Å². The maximum atomic E-state index is 13.9. The highest BCUT2D eigenvalue weighted by Gasteiger charge is 2.41. The summed E-state index contributed by atoms with van der Waals surface area (Å²) in [5.41, 5.74) is 3.84. The minimum atomic E-state index is -1.49. The van der Waals surface area contributed by atoms with Gasteiger partial charge in [-0.25, -0.2) is 13.2 Å². The second-order valence-corrected chi connectivity index (χ2v) is 8.90. The third kappa shape index (κ3) is 3.05. The summed E-state index contributed by atoms with van der Waals surface area (Å²) >= 11 is 0. The van der Waals surface area contributed by atoms with E-state index in [0.717, 1.165) is 29.8 Å². The molecule has 6 nitrogen and oxygen atoms in total. The number of nitrogens with zero attached hydrogens (tertiary/aromatic N) is 5. The molecule has 1 saturated carbocycles. The normalized spacial score (nSPS) is 22.2. The van der Waals surface area contributed by atoms with Crippen molar-refractivity contribution in [1.29, 1.82) is 0 Å². The Morgan fingerprint density at radius 3 is 2.38 bits per heavy atom. The van der Waals surface area contributed by atoms with Crippen molar-refractivity contribution < 1.29 is 18.0 Å². The summed E-state index contributed by atoms with van der Waals surface area (Å²) in [7, 11) is 3.54. The Kier molecular flexibility index (Phi) is 4.69. The lowest BCUT2D eigenvalue weighted by molar-refractivity contribution is 0.0672. The lowest BCUT2D eigenvalue weighted by Gasteiger charge is -2.33. The molecular formula is C23H24F3N5O. The highest BCUT2D eigenvalue weighted by atomic mass is 19.2. The number of amides is 1. The van der Waals surface area contributed by atoms with Gasteiger partial charge in [-0.15, -0.1) is 0 Å². The molecule has 2 aromatic heterocycles. The zero-order valence-corrected chi connectivity index (χ0v) is 18.4. The van der Waals surface area contributed by atoms with Crippen molar-refractivity contribution in [3.8, 4) is 11.3 Å². The van der Waals surface area contributed by atoms with Crippen molar-refractivity contribution >= 4 is 5.91 Å². The van der Waals surface area contributed by atoms with E-state index in [4.69, 9.17) is 0 Å². The van der Waals surface area contributed by atoms with Crippen LogP contribution in [0.3, 0.4) is 0 Å². The summed E-state index contributed by atoms with van der Waals surface area (Å²) in [6, 6.07) is 1.64. The quantitative estimate of drug-likeness (QED) is 0.573. The maximum absolute atomic E-state index is 13.9. The molecule has 168 valence electrons. The zero-order chi connectivity index (χ0) is 22.9. The molecule has 0 radical (unpaired) electrons. The Balaban J connectivity index is 1.50. The van der Waals surface area contributed by atoms with Crippen molar-refractivity contribution in [3.05, 3.63) is 58.3 Å². The Bertz CT molecular complexity index is 1220. The van der Waals surface area contributed by atoms with E-state index in [1.807, 2.05) is 14.0 Å². The van der Waals surface area contributed by atoms with Gasteiger partial charge in [0, 0.05) is 37.7 Å². The van der Waals surface area contributed by atoms with Crippen LogP contribution in [0.5, 0.6) is 0 Å². The highest BCUT2D eigenvalue weighted by Crippen LogP contribution is 2.48. The molecule has 0 bridgehead atoms. The first kappa shape index (κ1) is 20.8. The van der Waals surface area contributed by atoms with Crippen LogP contribution < -0.4 is 0 Å². The van der Waals surface area contributed by atoms with E-state index in [-0.39, 0.29) is 17.5 Å². The zero-order valence-electron chi connectivity index (χ0n) is 18.4. The smallest absolute Gasteiger partial charge is 0.257 e. The molecule has 1 aromatic carbocycles. The van der Waals surface area contributed by atoms with E-state index in [9.17, 15) is 18.0 Å². The molecule has 0 N–H and O–H groups in total. The Labute approximate surface area is 183 Å². The van der Waals surface area contributed by atoms with Gasteiger partial charge in [0.15, 0.2) is 17.5 Å². The van der Waals surface area contributed by atoms with Gasteiger partial charge < -0.3 is 4.90 Å². The monoisotopic (exact) mass is 443 g/mol. The van der Waals surface area contributed by atoms with Gasteiger partial charge in [0.2, 0.25) is 0 Å². The lowest BCUT2D eigenvalue weighted by atomic mass is 9.94. The van der Waals surface area contributed by atoms with Crippen LogP contribution in [-0.2, 0) is 20.5 Å². The molecule has 5 rings (SSSR count). The van der Waals surface area contributed by atoms with Crippen molar-refractivity contribution in [3.63, 3.8) is 0 Å². The average molecular weight is 443 g/mol. The largest absolute Gasteiger partial charge is 0.330 e. The molecule has 3 heterocycles. The first-order valence-electron chi connectivity index (χ1n) is 10.7. The van der Waals surface area contributed by atoms with Crippen LogP contribution in [0.25, 0.3) is 11.3 Å². The van der Waals surface area contributed by atoms with Gasteiger partial charge in [-0.1, -0.05) is 6.92 Å². The van der Waals surface area contributed by atoms with Gasteiger partial charge >= 0.3 is 0 Å². The number of fused-ring (bicyclic) bond motifs is 1. The van der Waals surface area contributed by atoms with Crippen LogP contribution in [0.4, 0.5) is 13.2 Å². The average Bonchev–Trinajstić information content (AvgIpc) is 3.16. The second-order valence-electron chi connectivity index (χ2n) is 8.90. The fraction of sp³-hybridized carbons (Fsp3) is 0.435. The molecular weight excluding hydrogens is 419 g/mol. The van der Waals surface area contributed by atoms with Crippen LogP contribution in [0, 0.1) is 23.4 Å². The number of hydrogen-bond donors (Lipinski definition) is 0. The van der Waals surface area contributed by atoms with Crippen LogP contribution >= 0.6 is 0 Å². The number of halogens is 3. The fourth-order valence-corrected chi connectivity index (χ4v) is 4.98. The Hall–Kier alpha value is -3.10. The summed E-state index contributed by atoms with van der Waals surface area (Å²) in [6.07, 6.45) is 3.16. The summed E-state index contributed by atoms with van der Waals surface area (Å²) in [5, 5.41) is 8.89. The topological polar surface area (TPSA) is 56.0 Å². The van der Waals surface area contributed by atoms with Crippen LogP contribution in [0.1, 0.15) is 59.5 Å². The summed E-state index contributed by atoms with van der Waals surface area (Å²) in [6.45, 7) is 4.50. The number of hydrogen-bond acceptors (Lipinski definition) is 3. The highest BCUT2D eigenvalue weighted by molar-refractivity contribution is 5.96. The SMILES string of the molecule is C[C@H]1C[C@H]1c1c(C(=O)N2CCc3c(nn(C)c3-c3cc(F)c(F)c(F)c3)[C@@H]2C)cnn1C. The van der Waals surface area contributed by atoms with Gasteiger partial charge in [-0.3, -0.25) is 14.2 Å². The van der Waals surface area contributed by atoms with Crippen molar-refractivity contribution in [1.82, 2.24) is 24.5 Å². The van der Waals surface area contributed by atoms with E-state index in [1.54, 1.807) is 27.5 Å². The van der Waals surface area contributed by atoms with Crippen molar-refractivity contribution in [2.24, 2.45) is 20.0 Å². The number of rotatable bonds is 3. The maximum Gasteiger partial charge on any atom is 0.257 e. The van der Waals surface area contributed by atoms with Gasteiger partial charge in [-0.05, 0) is 37.8 Å². The van der Waals surface area contributed by atoms with Gasteiger partial charge in [0.25, 0.3) is 5.91 Å². The third-order valence-electron chi connectivity index (χ3n) is 6.84. The van der Waals surface area contributed by atoms with Gasteiger partial charge in [-0.2, -0.15) is 10.2 Å². The predicted octanol–water partition coefficient (Wildman–Crippen LogP) is 4.12. The van der Waals surface area contributed by atoms with E-state index < -0.39 is 17.5 Å². The second kappa shape index (κ2) is 7.21. The summed E-state index contributed by atoms with van der Waals surface area (Å²) in [5.74, 6) is -3.18. The number of carbonyl (C=O) groups excluding carboxylic acids is 1. The first-order chi connectivity index (χ1) is 15.2. The third-order valence-corrected chi connectivity index (χ3v) is 6.84. The first-order valence-corrected chi connectivity index (χ1v) is 10.7. The minimum Gasteiger partial charge on any atom is -0.330 e. The minimum absolute atomic E-state index is 0.0866. The molecule has 3 atom stereocenters. The number of carbonyl (C=O) groups is 1. The van der Waals surface area contributed by atoms with Gasteiger partial charge in [0.1, 0.15) is 0 Å². The van der Waals surface area contributed by atoms with Crippen LogP contribution in [0.2, 0.25) is 0 Å².